The van der Waals surface area contributed by atoms with E-state index in [1.54, 1.807) is 32.1 Å². The zero-order chi connectivity index (χ0) is 17.6. The second-order valence-corrected chi connectivity index (χ2v) is 10.9. The van der Waals surface area contributed by atoms with Crippen molar-refractivity contribution in [2.45, 2.75) is 98.3 Å². The van der Waals surface area contributed by atoms with E-state index >= 15 is 0 Å². The van der Waals surface area contributed by atoms with Gasteiger partial charge >= 0.3 is 0 Å². The number of hydrogen-bond donors (Lipinski definition) is 0. The predicted octanol–water partition coefficient (Wildman–Crippen LogP) is 7.57. The lowest BCUT2D eigenvalue weighted by molar-refractivity contribution is 0.175. The van der Waals surface area contributed by atoms with E-state index in [4.69, 9.17) is 0 Å². The summed E-state index contributed by atoms with van der Waals surface area (Å²) in [4.78, 5) is 0. The van der Waals surface area contributed by atoms with Crippen molar-refractivity contribution in [1.82, 2.24) is 0 Å². The van der Waals surface area contributed by atoms with Crippen LogP contribution >= 0.6 is 0 Å². The maximum Gasteiger partial charge on any atom is -0.0352 e. The minimum Gasteiger partial charge on any atom is -0.0620 e. The highest BCUT2D eigenvalue weighted by atomic mass is 14.6. The van der Waals surface area contributed by atoms with Crippen molar-refractivity contribution >= 4 is 0 Å². The second-order valence-electron chi connectivity index (χ2n) is 10.9. The van der Waals surface area contributed by atoms with E-state index in [9.17, 15) is 0 Å². The summed E-state index contributed by atoms with van der Waals surface area (Å²) < 4.78 is 0. The van der Waals surface area contributed by atoms with E-state index < -0.39 is 0 Å². The van der Waals surface area contributed by atoms with Crippen molar-refractivity contribution in [1.29, 1.82) is 0 Å². The fourth-order valence-corrected chi connectivity index (χ4v) is 8.64. The first-order valence-corrected chi connectivity index (χ1v) is 12.1. The van der Waals surface area contributed by atoms with E-state index in [0.717, 1.165) is 59.2 Å². The van der Waals surface area contributed by atoms with E-state index in [1.807, 2.05) is 0 Å². The topological polar surface area (TPSA) is 0 Å². The maximum absolute atomic E-state index is 2.66. The van der Waals surface area contributed by atoms with Crippen molar-refractivity contribution in [3.63, 3.8) is 0 Å². The SMILES string of the molecule is CC1C(CC2C(C)C(C)C3CCCCCC32)C(C)C2CCCCCC12. The highest BCUT2D eigenvalue weighted by molar-refractivity contribution is 5.00. The Kier molecular flexibility index (Phi) is 5.55. The van der Waals surface area contributed by atoms with Gasteiger partial charge in [-0.2, -0.15) is 0 Å². The summed E-state index contributed by atoms with van der Waals surface area (Å²) >= 11 is 0. The summed E-state index contributed by atoms with van der Waals surface area (Å²) in [7, 11) is 0. The molecule has 0 saturated heterocycles. The maximum atomic E-state index is 2.66. The lowest BCUT2D eigenvalue weighted by Gasteiger charge is -2.32. The molecule has 0 aromatic heterocycles. The average Bonchev–Trinajstić information content (AvgIpc) is 2.89. The van der Waals surface area contributed by atoms with Crippen LogP contribution in [0.25, 0.3) is 0 Å². The molecule has 4 fully saturated rings. The Morgan fingerprint density at radius 3 is 1.40 bits per heavy atom. The summed E-state index contributed by atoms with van der Waals surface area (Å²) in [6.07, 6.45) is 16.9. The summed E-state index contributed by atoms with van der Waals surface area (Å²) in [6, 6.07) is 0. The Bertz CT molecular complexity index is 421. The minimum atomic E-state index is 0.984. The summed E-state index contributed by atoms with van der Waals surface area (Å²) in [5.74, 6) is 10.4. The molecule has 0 heterocycles. The van der Waals surface area contributed by atoms with Crippen molar-refractivity contribution < 1.29 is 0 Å². The Morgan fingerprint density at radius 2 is 0.880 bits per heavy atom. The van der Waals surface area contributed by atoms with Gasteiger partial charge in [0, 0.05) is 0 Å². The fourth-order valence-electron chi connectivity index (χ4n) is 8.64. The third kappa shape index (κ3) is 3.23. The van der Waals surface area contributed by atoms with Gasteiger partial charge in [-0.15, -0.1) is 0 Å². The highest BCUT2D eigenvalue weighted by Crippen LogP contribution is 2.58. The first-order chi connectivity index (χ1) is 12.1. The van der Waals surface area contributed by atoms with Crippen LogP contribution < -0.4 is 0 Å². The van der Waals surface area contributed by atoms with Crippen LogP contribution in [0.2, 0.25) is 0 Å². The van der Waals surface area contributed by atoms with Gasteiger partial charge in [-0.1, -0.05) is 66.2 Å². The van der Waals surface area contributed by atoms with Crippen LogP contribution in [0.4, 0.5) is 0 Å². The zero-order valence-electron chi connectivity index (χ0n) is 17.6. The molecule has 0 amide bonds. The van der Waals surface area contributed by atoms with Crippen molar-refractivity contribution in [2.24, 2.45) is 59.2 Å². The summed E-state index contributed by atoms with van der Waals surface area (Å²) in [5.41, 5.74) is 0. The van der Waals surface area contributed by atoms with E-state index in [1.165, 1.54) is 38.5 Å². The Hall–Kier alpha value is 0. The molecule has 4 aliphatic rings. The number of rotatable bonds is 2. The normalized spacial score (nSPS) is 53.8. The standard InChI is InChI=1S/C25H44/c1-16-17(2)25(23-14-10-6-7-11-20(16)23)15-24-18(3)21-12-8-5-9-13-22(21)19(24)4/h16-25H,5-15H2,1-4H3. The lowest BCUT2D eigenvalue weighted by Crippen LogP contribution is -2.24. The third-order valence-corrected chi connectivity index (χ3v) is 10.2. The quantitative estimate of drug-likeness (QED) is 0.484. The van der Waals surface area contributed by atoms with Gasteiger partial charge in [0.15, 0.2) is 0 Å². The van der Waals surface area contributed by atoms with Gasteiger partial charge in [0.1, 0.15) is 0 Å². The van der Waals surface area contributed by atoms with Gasteiger partial charge in [0.05, 0.1) is 0 Å². The second kappa shape index (κ2) is 7.55. The monoisotopic (exact) mass is 344 g/mol. The molecular formula is C25H44. The van der Waals surface area contributed by atoms with Gasteiger partial charge < -0.3 is 0 Å². The molecular weight excluding hydrogens is 300 g/mol. The van der Waals surface area contributed by atoms with E-state index in [-0.39, 0.29) is 0 Å². The molecule has 0 aromatic carbocycles. The molecule has 4 rings (SSSR count). The molecule has 0 spiro atoms. The van der Waals surface area contributed by atoms with Crippen LogP contribution in [0.1, 0.15) is 98.3 Å². The highest BCUT2D eigenvalue weighted by Gasteiger charge is 2.51. The lowest BCUT2D eigenvalue weighted by atomic mass is 9.74. The van der Waals surface area contributed by atoms with Crippen LogP contribution in [0.3, 0.4) is 0 Å². The molecule has 0 aliphatic heterocycles. The first kappa shape index (κ1) is 18.4. The molecule has 0 nitrogen and oxygen atoms in total. The molecule has 4 saturated carbocycles. The van der Waals surface area contributed by atoms with Crippen LogP contribution in [0.15, 0.2) is 0 Å². The fraction of sp³-hybridized carbons (Fsp3) is 1.00. The Morgan fingerprint density at radius 1 is 0.440 bits per heavy atom. The molecule has 0 radical (unpaired) electrons. The third-order valence-electron chi connectivity index (χ3n) is 10.2. The Balaban J connectivity index is 1.50. The van der Waals surface area contributed by atoms with Gasteiger partial charge in [-0.05, 0) is 91.3 Å². The van der Waals surface area contributed by atoms with Gasteiger partial charge in [0.25, 0.3) is 0 Å². The molecule has 25 heavy (non-hydrogen) atoms. The van der Waals surface area contributed by atoms with Gasteiger partial charge in [0.2, 0.25) is 0 Å². The van der Waals surface area contributed by atoms with Crippen molar-refractivity contribution in [2.75, 3.05) is 0 Å². The number of fused-ring (bicyclic) bond motifs is 2. The smallest absolute Gasteiger partial charge is 0.0352 e. The van der Waals surface area contributed by atoms with E-state index in [2.05, 4.69) is 27.7 Å². The average molecular weight is 345 g/mol. The molecule has 0 aromatic rings. The zero-order valence-corrected chi connectivity index (χ0v) is 17.6. The van der Waals surface area contributed by atoms with Crippen LogP contribution in [0, 0.1) is 59.2 Å². The largest absolute Gasteiger partial charge is 0.0620 e. The van der Waals surface area contributed by atoms with Gasteiger partial charge in [-0.3, -0.25) is 0 Å². The van der Waals surface area contributed by atoms with Crippen LogP contribution in [0.5, 0.6) is 0 Å². The molecule has 9 unspecified atom stereocenters. The minimum absolute atomic E-state index is 0.984. The summed E-state index contributed by atoms with van der Waals surface area (Å²) in [6.45, 7) is 10.6. The predicted molar refractivity (Wildman–Crippen MR) is 108 cm³/mol. The van der Waals surface area contributed by atoms with E-state index in [0.29, 0.717) is 0 Å². The van der Waals surface area contributed by atoms with Crippen LogP contribution in [-0.4, -0.2) is 0 Å². The molecule has 144 valence electrons. The summed E-state index contributed by atoms with van der Waals surface area (Å²) in [5, 5.41) is 0. The molecule has 4 aliphatic carbocycles. The first-order valence-electron chi connectivity index (χ1n) is 12.1. The number of hydrogen-bond acceptors (Lipinski definition) is 0. The molecule has 9 atom stereocenters. The molecule has 0 N–H and O–H groups in total. The van der Waals surface area contributed by atoms with Gasteiger partial charge in [-0.25, -0.2) is 0 Å². The molecule has 0 heteroatoms. The Labute approximate surface area is 157 Å². The van der Waals surface area contributed by atoms with Crippen LogP contribution in [-0.2, 0) is 0 Å². The van der Waals surface area contributed by atoms with Crippen molar-refractivity contribution in [3.8, 4) is 0 Å². The molecule has 0 bridgehead atoms. The van der Waals surface area contributed by atoms with Crippen molar-refractivity contribution in [3.05, 3.63) is 0 Å².